The van der Waals surface area contributed by atoms with E-state index in [0.29, 0.717) is 23.1 Å². The highest BCUT2D eigenvalue weighted by Gasteiger charge is 2.30. The predicted octanol–water partition coefficient (Wildman–Crippen LogP) is 5.50. The number of hydrogen-bond acceptors (Lipinski definition) is 5. The lowest BCUT2D eigenvalue weighted by Gasteiger charge is -2.22. The van der Waals surface area contributed by atoms with Crippen LogP contribution in [0.25, 0.3) is 10.6 Å². The zero-order valence-corrected chi connectivity index (χ0v) is 18.5. The van der Waals surface area contributed by atoms with Crippen LogP contribution in [0.4, 0.5) is 28.8 Å². The summed E-state index contributed by atoms with van der Waals surface area (Å²) in [6, 6.07) is 13.1. The number of alkyl halides is 3. The Hall–Kier alpha value is -3.47. The minimum absolute atomic E-state index is 0.0285. The standard InChI is InChI=1S/C22H22F3N5O2S/c1-2-13-30(21(32)26-17-10-8-16(9-11-17)22(23,24)25)14-12-18(31)27-20-29-28-19(33-20)15-6-4-3-5-7-15/h3-11H,2,12-14H2,1H3,(H,26,32)(H,27,29,31). The molecule has 3 aromatic rings. The third-order valence-electron chi connectivity index (χ3n) is 4.55. The molecule has 0 aliphatic rings. The van der Waals surface area contributed by atoms with Gasteiger partial charge in [-0.3, -0.25) is 4.79 Å². The number of rotatable bonds is 8. The zero-order valence-electron chi connectivity index (χ0n) is 17.7. The molecule has 1 heterocycles. The van der Waals surface area contributed by atoms with Crippen molar-refractivity contribution in [1.82, 2.24) is 15.1 Å². The summed E-state index contributed by atoms with van der Waals surface area (Å²) in [4.78, 5) is 26.3. The summed E-state index contributed by atoms with van der Waals surface area (Å²) >= 11 is 1.24. The second-order valence-corrected chi connectivity index (χ2v) is 8.05. The molecule has 2 aromatic carbocycles. The summed E-state index contributed by atoms with van der Waals surface area (Å²) in [5.41, 5.74) is 0.333. The summed E-state index contributed by atoms with van der Waals surface area (Å²) in [5, 5.41) is 14.3. The third-order valence-corrected chi connectivity index (χ3v) is 5.43. The molecule has 0 spiro atoms. The summed E-state index contributed by atoms with van der Waals surface area (Å²) < 4.78 is 38.1. The fourth-order valence-corrected chi connectivity index (χ4v) is 3.68. The van der Waals surface area contributed by atoms with Crippen molar-refractivity contribution in [3.8, 4) is 10.6 Å². The van der Waals surface area contributed by atoms with E-state index in [1.54, 1.807) is 0 Å². The van der Waals surface area contributed by atoms with Crippen molar-refractivity contribution >= 4 is 34.1 Å². The molecule has 3 amide bonds. The molecule has 7 nitrogen and oxygen atoms in total. The summed E-state index contributed by atoms with van der Waals surface area (Å²) in [7, 11) is 0. The second kappa shape index (κ2) is 10.9. The monoisotopic (exact) mass is 477 g/mol. The van der Waals surface area contributed by atoms with Crippen molar-refractivity contribution < 1.29 is 22.8 Å². The molecular formula is C22H22F3N5O2S. The molecule has 0 atom stereocenters. The quantitative estimate of drug-likeness (QED) is 0.449. The lowest BCUT2D eigenvalue weighted by atomic mass is 10.2. The number of carbonyl (C=O) groups is 2. The van der Waals surface area contributed by atoms with Crippen LogP contribution >= 0.6 is 11.3 Å². The van der Waals surface area contributed by atoms with Crippen LogP contribution in [0.1, 0.15) is 25.3 Å². The lowest BCUT2D eigenvalue weighted by molar-refractivity contribution is -0.137. The zero-order chi connectivity index (χ0) is 23.8. The van der Waals surface area contributed by atoms with Crippen LogP contribution in [-0.2, 0) is 11.0 Å². The summed E-state index contributed by atoms with van der Waals surface area (Å²) in [6.07, 6.45) is -3.77. The van der Waals surface area contributed by atoms with Gasteiger partial charge in [-0.15, -0.1) is 10.2 Å². The van der Waals surface area contributed by atoms with E-state index < -0.39 is 17.8 Å². The molecule has 0 saturated heterocycles. The molecule has 0 aliphatic carbocycles. The Kier molecular flexibility index (Phi) is 7.99. The average molecular weight is 478 g/mol. The van der Waals surface area contributed by atoms with Crippen LogP contribution in [0.15, 0.2) is 54.6 Å². The lowest BCUT2D eigenvalue weighted by Crippen LogP contribution is -2.37. The van der Waals surface area contributed by atoms with Gasteiger partial charge in [-0.25, -0.2) is 4.79 Å². The molecule has 0 fully saturated rings. The molecule has 0 bridgehead atoms. The molecule has 1 aromatic heterocycles. The number of aromatic nitrogens is 2. The number of urea groups is 1. The van der Waals surface area contributed by atoms with Crippen LogP contribution in [0.3, 0.4) is 0 Å². The SMILES string of the molecule is CCCN(CCC(=O)Nc1nnc(-c2ccccc2)s1)C(=O)Nc1ccc(C(F)(F)F)cc1. The average Bonchev–Trinajstić information content (AvgIpc) is 3.25. The van der Waals surface area contributed by atoms with Gasteiger partial charge in [-0.05, 0) is 30.7 Å². The van der Waals surface area contributed by atoms with E-state index in [4.69, 9.17) is 0 Å². The smallest absolute Gasteiger partial charge is 0.324 e. The van der Waals surface area contributed by atoms with Crippen molar-refractivity contribution in [3.05, 3.63) is 60.2 Å². The van der Waals surface area contributed by atoms with Crippen molar-refractivity contribution in [2.45, 2.75) is 25.9 Å². The highest BCUT2D eigenvalue weighted by molar-refractivity contribution is 7.18. The van der Waals surface area contributed by atoms with E-state index in [0.717, 1.165) is 17.7 Å². The minimum Gasteiger partial charge on any atom is -0.324 e. The topological polar surface area (TPSA) is 87.2 Å². The molecule has 174 valence electrons. The number of benzene rings is 2. The number of anilines is 2. The van der Waals surface area contributed by atoms with Crippen molar-refractivity contribution in [1.29, 1.82) is 0 Å². The van der Waals surface area contributed by atoms with Crippen LogP contribution in [0, 0.1) is 0 Å². The number of nitrogens with one attached hydrogen (secondary N) is 2. The van der Waals surface area contributed by atoms with Crippen LogP contribution in [0.2, 0.25) is 0 Å². The second-order valence-electron chi connectivity index (χ2n) is 7.07. The summed E-state index contributed by atoms with van der Waals surface area (Å²) in [6.45, 7) is 2.40. The van der Waals surface area contributed by atoms with Gasteiger partial charge in [0, 0.05) is 30.8 Å². The highest BCUT2D eigenvalue weighted by Crippen LogP contribution is 2.30. The maximum Gasteiger partial charge on any atom is 0.416 e. The first kappa shape index (κ1) is 24.2. The fraction of sp³-hybridized carbons (Fsp3) is 0.273. The Morgan fingerprint density at radius 3 is 2.30 bits per heavy atom. The van der Waals surface area contributed by atoms with E-state index in [2.05, 4.69) is 20.8 Å². The molecule has 33 heavy (non-hydrogen) atoms. The Morgan fingerprint density at radius 1 is 0.970 bits per heavy atom. The number of halogens is 3. The van der Waals surface area contributed by atoms with Crippen molar-refractivity contribution in [2.24, 2.45) is 0 Å². The first-order valence-electron chi connectivity index (χ1n) is 10.2. The fourth-order valence-electron chi connectivity index (χ4n) is 2.92. The largest absolute Gasteiger partial charge is 0.416 e. The normalized spacial score (nSPS) is 11.2. The molecule has 0 unspecified atom stereocenters. The van der Waals surface area contributed by atoms with Crippen LogP contribution < -0.4 is 10.6 Å². The van der Waals surface area contributed by atoms with Gasteiger partial charge in [-0.2, -0.15) is 13.2 Å². The Bertz CT molecular complexity index is 1070. The van der Waals surface area contributed by atoms with E-state index in [9.17, 15) is 22.8 Å². The molecule has 0 radical (unpaired) electrons. The van der Waals surface area contributed by atoms with Crippen LogP contribution in [-0.4, -0.2) is 40.1 Å². The van der Waals surface area contributed by atoms with Crippen molar-refractivity contribution in [2.75, 3.05) is 23.7 Å². The summed E-state index contributed by atoms with van der Waals surface area (Å²) in [5.74, 6) is -0.325. The van der Waals surface area contributed by atoms with Gasteiger partial charge in [0.1, 0.15) is 5.01 Å². The van der Waals surface area contributed by atoms with Gasteiger partial charge >= 0.3 is 12.2 Å². The van der Waals surface area contributed by atoms with Gasteiger partial charge < -0.3 is 15.5 Å². The first-order valence-corrected chi connectivity index (χ1v) is 11.0. The van der Waals surface area contributed by atoms with Gasteiger partial charge in [0.25, 0.3) is 0 Å². The molecule has 0 saturated carbocycles. The van der Waals surface area contributed by atoms with Crippen molar-refractivity contribution in [3.63, 3.8) is 0 Å². The molecule has 0 aliphatic heterocycles. The highest BCUT2D eigenvalue weighted by atomic mass is 32.1. The minimum atomic E-state index is -4.45. The molecule has 11 heteroatoms. The van der Waals surface area contributed by atoms with Gasteiger partial charge in [0.2, 0.25) is 11.0 Å². The maximum absolute atomic E-state index is 12.7. The van der Waals surface area contributed by atoms with Gasteiger partial charge in [0.05, 0.1) is 5.56 Å². The molecule has 3 rings (SSSR count). The van der Waals surface area contributed by atoms with E-state index in [1.165, 1.54) is 28.4 Å². The van der Waals surface area contributed by atoms with Gasteiger partial charge in [0.15, 0.2) is 0 Å². The predicted molar refractivity (Wildman–Crippen MR) is 121 cm³/mol. The van der Waals surface area contributed by atoms with E-state index in [1.807, 2.05) is 37.3 Å². The Labute approximate surface area is 192 Å². The number of hydrogen-bond donors (Lipinski definition) is 2. The number of nitrogens with zero attached hydrogens (tertiary/aromatic N) is 3. The van der Waals surface area contributed by atoms with E-state index >= 15 is 0 Å². The molecular weight excluding hydrogens is 455 g/mol. The maximum atomic E-state index is 12.7. The Balaban J connectivity index is 1.53. The van der Waals surface area contributed by atoms with Gasteiger partial charge in [-0.1, -0.05) is 48.6 Å². The van der Waals surface area contributed by atoms with Crippen LogP contribution in [0.5, 0.6) is 0 Å². The molecule has 2 N–H and O–H groups in total. The number of carbonyl (C=O) groups excluding carboxylic acids is 2. The van der Waals surface area contributed by atoms with E-state index in [-0.39, 0.29) is 24.6 Å². The number of amides is 3. The third kappa shape index (κ3) is 7.01. The first-order chi connectivity index (χ1) is 15.8. The Morgan fingerprint density at radius 2 is 1.67 bits per heavy atom.